The van der Waals surface area contributed by atoms with Crippen molar-refractivity contribution < 1.29 is 14.3 Å². The van der Waals surface area contributed by atoms with Crippen LogP contribution in [0.2, 0.25) is 0 Å². The number of nitrogens with one attached hydrogen (secondary N) is 4. The first-order chi connectivity index (χ1) is 12.6. The maximum atomic E-state index is 12.6. The minimum Gasteiger partial charge on any atom is -0.469 e. The van der Waals surface area contributed by atoms with E-state index in [1.165, 1.54) is 7.11 Å². The Hall–Kier alpha value is -1.73. The third-order valence-electron chi connectivity index (χ3n) is 5.67. The average molecular weight is 364 g/mol. The first-order valence-corrected chi connectivity index (χ1v) is 9.36. The lowest BCUT2D eigenvalue weighted by molar-refractivity contribution is -0.148. The van der Waals surface area contributed by atoms with Crippen LogP contribution < -0.4 is 21.5 Å². The number of carbonyl (C=O) groups excluding carboxylic acids is 2. The molecule has 9 heteroatoms. The number of hydrogen-bond donors (Lipinski definition) is 4. The van der Waals surface area contributed by atoms with Crippen LogP contribution in [0.3, 0.4) is 0 Å². The van der Waals surface area contributed by atoms with Gasteiger partial charge in [-0.15, -0.1) is 0 Å². The molecule has 2 aliphatic heterocycles. The van der Waals surface area contributed by atoms with Gasteiger partial charge in [0.05, 0.1) is 25.3 Å². The Morgan fingerprint density at radius 2 is 2.08 bits per heavy atom. The molecule has 0 aromatic carbocycles. The van der Waals surface area contributed by atoms with Crippen LogP contribution in [0.1, 0.15) is 32.1 Å². The molecule has 1 aliphatic carbocycles. The van der Waals surface area contributed by atoms with Crippen molar-refractivity contribution in [3.05, 3.63) is 0 Å². The van der Waals surface area contributed by atoms with E-state index < -0.39 is 5.92 Å². The summed E-state index contributed by atoms with van der Waals surface area (Å²) in [5.74, 6) is -1.07. The molecule has 3 aliphatic rings. The topological polar surface area (TPSA) is 119 Å². The summed E-state index contributed by atoms with van der Waals surface area (Å²) in [6.45, 7) is 2.85. The molecule has 0 aromatic heterocycles. The Labute approximate surface area is 153 Å². The molecule has 3 fully saturated rings. The third kappa shape index (κ3) is 4.32. The second-order valence-corrected chi connectivity index (χ2v) is 7.29. The van der Waals surface area contributed by atoms with Crippen molar-refractivity contribution >= 4 is 11.9 Å². The van der Waals surface area contributed by atoms with Gasteiger partial charge in [-0.1, -0.05) is 0 Å². The normalized spacial score (nSPS) is 35.5. The Bertz CT molecular complexity index is 551. The average Bonchev–Trinajstić information content (AvgIpc) is 3.22. The highest BCUT2D eigenvalue weighted by molar-refractivity contribution is 5.83. The van der Waals surface area contributed by atoms with Crippen LogP contribution in [0.15, 0.2) is 0 Å². The van der Waals surface area contributed by atoms with E-state index in [1.54, 1.807) is 0 Å². The Morgan fingerprint density at radius 1 is 1.23 bits per heavy atom. The predicted octanol–water partition coefficient (Wildman–Crippen LogP) is -0.971. The molecule has 0 radical (unpaired) electrons. The van der Waals surface area contributed by atoms with Crippen LogP contribution in [0, 0.1) is 23.2 Å². The Morgan fingerprint density at radius 3 is 2.69 bits per heavy atom. The van der Waals surface area contributed by atoms with E-state index in [1.807, 2.05) is 0 Å². The largest absolute Gasteiger partial charge is 0.469 e. The number of rotatable bonds is 4. The van der Waals surface area contributed by atoms with Crippen molar-refractivity contribution in [2.75, 3.05) is 26.9 Å². The quantitative estimate of drug-likeness (QED) is 0.471. The number of nitrogens with zero attached hydrogens (tertiary/aromatic N) is 2. The number of nitriles is 1. The fourth-order valence-corrected chi connectivity index (χ4v) is 4.08. The lowest BCUT2D eigenvalue weighted by atomic mass is 9.78. The van der Waals surface area contributed by atoms with Crippen molar-refractivity contribution in [2.24, 2.45) is 11.8 Å². The number of carbonyl (C=O) groups is 2. The van der Waals surface area contributed by atoms with Gasteiger partial charge in [-0.3, -0.25) is 14.5 Å². The summed E-state index contributed by atoms with van der Waals surface area (Å²) in [5, 5.41) is 15.4. The molecular weight excluding hydrogens is 336 g/mol. The van der Waals surface area contributed by atoms with E-state index in [0.717, 1.165) is 32.6 Å². The number of methoxy groups -OCH3 is 1. The summed E-state index contributed by atoms with van der Waals surface area (Å²) in [4.78, 5) is 27.0. The number of amides is 1. The van der Waals surface area contributed by atoms with Gasteiger partial charge in [0.1, 0.15) is 6.04 Å². The van der Waals surface area contributed by atoms with Gasteiger partial charge in [0, 0.05) is 31.7 Å². The van der Waals surface area contributed by atoms with E-state index in [4.69, 9.17) is 10.00 Å². The molecule has 0 aromatic rings. The number of esters is 1. The molecule has 1 saturated carbocycles. The molecule has 3 rings (SSSR count). The fraction of sp³-hybridized carbons (Fsp3) is 0.824. The molecule has 4 N–H and O–H groups in total. The maximum Gasteiger partial charge on any atom is 0.310 e. The molecule has 2 saturated heterocycles. The summed E-state index contributed by atoms with van der Waals surface area (Å²) in [7, 11) is 1.34. The first-order valence-electron chi connectivity index (χ1n) is 9.36. The van der Waals surface area contributed by atoms with Crippen LogP contribution in [0.4, 0.5) is 0 Å². The van der Waals surface area contributed by atoms with Gasteiger partial charge in [-0.2, -0.15) is 5.26 Å². The minimum atomic E-state index is -0.456. The van der Waals surface area contributed by atoms with Crippen molar-refractivity contribution in [3.8, 4) is 6.07 Å². The van der Waals surface area contributed by atoms with Gasteiger partial charge in [-0.05, 0) is 32.1 Å². The van der Waals surface area contributed by atoms with Crippen molar-refractivity contribution in [3.63, 3.8) is 0 Å². The first kappa shape index (κ1) is 19.0. The number of ether oxygens (including phenoxy) is 1. The predicted molar refractivity (Wildman–Crippen MR) is 93.0 cm³/mol. The molecule has 144 valence electrons. The van der Waals surface area contributed by atoms with Crippen LogP contribution >= 0.6 is 0 Å². The molecule has 9 nitrogen and oxygen atoms in total. The standard InChI is InChI=1S/C17H28N6O3/c1-26-17(25)12-8-11(9-18)2-3-13(12)20-16(24)14-4-5-15(22-21-14)23-7-6-19-10-23/h11-15,19,21-22H,2-8,10H2,1H3,(H,20,24). The van der Waals surface area contributed by atoms with Crippen molar-refractivity contribution in [1.29, 1.82) is 5.26 Å². The highest BCUT2D eigenvalue weighted by Gasteiger charge is 2.38. The van der Waals surface area contributed by atoms with Gasteiger partial charge in [-0.25, -0.2) is 10.9 Å². The van der Waals surface area contributed by atoms with Gasteiger partial charge >= 0.3 is 5.97 Å². The Kier molecular flexibility index (Phi) is 6.43. The smallest absolute Gasteiger partial charge is 0.310 e. The van der Waals surface area contributed by atoms with E-state index in [9.17, 15) is 9.59 Å². The van der Waals surface area contributed by atoms with E-state index >= 15 is 0 Å². The third-order valence-corrected chi connectivity index (χ3v) is 5.67. The Balaban J connectivity index is 1.52. The summed E-state index contributed by atoms with van der Waals surface area (Å²) in [5.41, 5.74) is 6.34. The van der Waals surface area contributed by atoms with E-state index in [2.05, 4.69) is 32.5 Å². The summed E-state index contributed by atoms with van der Waals surface area (Å²) < 4.78 is 4.87. The maximum absolute atomic E-state index is 12.6. The van der Waals surface area contributed by atoms with Crippen LogP contribution in [-0.2, 0) is 14.3 Å². The highest BCUT2D eigenvalue weighted by atomic mass is 16.5. The molecule has 0 bridgehead atoms. The zero-order chi connectivity index (χ0) is 18.5. The molecule has 5 atom stereocenters. The molecule has 0 spiro atoms. The fourth-order valence-electron chi connectivity index (χ4n) is 4.08. The van der Waals surface area contributed by atoms with Crippen molar-refractivity contribution in [2.45, 2.75) is 50.4 Å². The summed E-state index contributed by atoms with van der Waals surface area (Å²) in [6, 6.07) is 1.63. The SMILES string of the molecule is COC(=O)C1CC(C#N)CCC1NC(=O)C1CCC(N2CCNC2)NN1. The monoisotopic (exact) mass is 364 g/mol. The van der Waals surface area contributed by atoms with E-state index in [0.29, 0.717) is 19.3 Å². The summed E-state index contributed by atoms with van der Waals surface area (Å²) in [6.07, 6.45) is 3.59. The zero-order valence-electron chi connectivity index (χ0n) is 15.2. The molecule has 5 unspecified atom stereocenters. The number of hydrogen-bond acceptors (Lipinski definition) is 8. The molecule has 1 amide bonds. The van der Waals surface area contributed by atoms with Gasteiger partial charge in [0.2, 0.25) is 5.91 Å². The van der Waals surface area contributed by atoms with Crippen LogP contribution in [-0.4, -0.2) is 61.9 Å². The molecule has 26 heavy (non-hydrogen) atoms. The van der Waals surface area contributed by atoms with Gasteiger partial charge in [0.15, 0.2) is 0 Å². The minimum absolute atomic E-state index is 0.107. The zero-order valence-corrected chi connectivity index (χ0v) is 15.2. The highest BCUT2D eigenvalue weighted by Crippen LogP contribution is 2.30. The second kappa shape index (κ2) is 8.77. The lowest BCUT2D eigenvalue weighted by Crippen LogP contribution is -2.62. The van der Waals surface area contributed by atoms with E-state index in [-0.39, 0.29) is 36.0 Å². The lowest BCUT2D eigenvalue weighted by Gasteiger charge is -2.37. The van der Waals surface area contributed by atoms with Crippen LogP contribution in [0.25, 0.3) is 0 Å². The van der Waals surface area contributed by atoms with Crippen LogP contribution in [0.5, 0.6) is 0 Å². The van der Waals surface area contributed by atoms with Gasteiger partial charge in [0.25, 0.3) is 0 Å². The number of hydrazine groups is 1. The summed E-state index contributed by atoms with van der Waals surface area (Å²) >= 11 is 0. The second-order valence-electron chi connectivity index (χ2n) is 7.29. The van der Waals surface area contributed by atoms with Gasteiger partial charge < -0.3 is 15.4 Å². The van der Waals surface area contributed by atoms with Crippen molar-refractivity contribution in [1.82, 2.24) is 26.4 Å². The molecular formula is C17H28N6O3. The molecule has 2 heterocycles.